The fraction of sp³-hybridized carbons (Fsp3) is 0.400. The Kier molecular flexibility index (Phi) is 3.45. The summed E-state index contributed by atoms with van der Waals surface area (Å²) in [5.74, 6) is 2.09. The van der Waals surface area contributed by atoms with Gasteiger partial charge in [-0.1, -0.05) is 0 Å². The second-order valence-electron chi connectivity index (χ2n) is 3.21. The smallest absolute Gasteiger partial charge is 0.152 e. The van der Waals surface area contributed by atoms with Crippen molar-refractivity contribution in [3.8, 4) is 0 Å². The van der Waals surface area contributed by atoms with Gasteiger partial charge in [-0.25, -0.2) is 9.50 Å². The monoisotopic (exact) mass is 222 g/mol. The molecule has 5 heteroatoms. The SMILES string of the molecule is CSCCCNc1nccn2nccc12. The maximum absolute atomic E-state index is 4.30. The van der Waals surface area contributed by atoms with E-state index in [4.69, 9.17) is 0 Å². The number of nitrogens with zero attached hydrogens (tertiary/aromatic N) is 3. The number of fused-ring (bicyclic) bond motifs is 1. The summed E-state index contributed by atoms with van der Waals surface area (Å²) < 4.78 is 1.82. The summed E-state index contributed by atoms with van der Waals surface area (Å²) in [6, 6.07) is 1.96. The van der Waals surface area contributed by atoms with Crippen molar-refractivity contribution in [2.24, 2.45) is 0 Å². The molecule has 1 N–H and O–H groups in total. The maximum Gasteiger partial charge on any atom is 0.152 e. The topological polar surface area (TPSA) is 42.2 Å². The Morgan fingerprint density at radius 1 is 1.47 bits per heavy atom. The van der Waals surface area contributed by atoms with Crippen molar-refractivity contribution in [3.63, 3.8) is 0 Å². The van der Waals surface area contributed by atoms with E-state index in [1.54, 1.807) is 12.4 Å². The van der Waals surface area contributed by atoms with Crippen LogP contribution in [0.25, 0.3) is 5.52 Å². The molecule has 2 heterocycles. The zero-order valence-electron chi connectivity index (χ0n) is 8.68. The average Bonchev–Trinajstić information content (AvgIpc) is 2.73. The van der Waals surface area contributed by atoms with Crippen LogP contribution in [0.2, 0.25) is 0 Å². The van der Waals surface area contributed by atoms with Crippen LogP contribution in [0.4, 0.5) is 5.82 Å². The highest BCUT2D eigenvalue weighted by Crippen LogP contribution is 2.12. The first-order valence-corrected chi connectivity index (χ1v) is 6.32. The summed E-state index contributed by atoms with van der Waals surface area (Å²) in [6.07, 6.45) is 8.66. The molecule has 0 aromatic carbocycles. The average molecular weight is 222 g/mol. The third kappa shape index (κ3) is 2.41. The summed E-state index contributed by atoms with van der Waals surface area (Å²) in [4.78, 5) is 4.30. The summed E-state index contributed by atoms with van der Waals surface area (Å²) >= 11 is 1.86. The second-order valence-corrected chi connectivity index (χ2v) is 4.20. The largest absolute Gasteiger partial charge is 0.368 e. The summed E-state index contributed by atoms with van der Waals surface area (Å²) in [6.45, 7) is 0.957. The first kappa shape index (κ1) is 10.3. The first-order chi connectivity index (χ1) is 7.42. The quantitative estimate of drug-likeness (QED) is 0.785. The van der Waals surface area contributed by atoms with Gasteiger partial charge in [-0.05, 0) is 24.5 Å². The van der Waals surface area contributed by atoms with Crippen molar-refractivity contribution in [1.29, 1.82) is 0 Å². The number of anilines is 1. The van der Waals surface area contributed by atoms with E-state index < -0.39 is 0 Å². The predicted molar refractivity (Wildman–Crippen MR) is 64.5 cm³/mol. The van der Waals surface area contributed by atoms with Gasteiger partial charge in [-0.15, -0.1) is 0 Å². The molecule has 0 aliphatic heterocycles. The Hall–Kier alpha value is -1.23. The molecule has 0 aliphatic carbocycles. The molecule has 2 aromatic rings. The predicted octanol–water partition coefficient (Wildman–Crippen LogP) is 1.89. The molecule has 0 amide bonds. The minimum atomic E-state index is 0.913. The molecule has 0 aliphatic rings. The van der Waals surface area contributed by atoms with Crippen LogP contribution in [-0.2, 0) is 0 Å². The maximum atomic E-state index is 4.30. The lowest BCUT2D eigenvalue weighted by Crippen LogP contribution is -2.05. The fourth-order valence-corrected chi connectivity index (χ4v) is 1.85. The van der Waals surface area contributed by atoms with Crippen LogP contribution in [-0.4, -0.2) is 33.2 Å². The van der Waals surface area contributed by atoms with Crippen molar-refractivity contribution in [1.82, 2.24) is 14.6 Å². The molecule has 0 atom stereocenters. The third-order valence-electron chi connectivity index (χ3n) is 2.14. The fourth-order valence-electron chi connectivity index (χ4n) is 1.42. The van der Waals surface area contributed by atoms with E-state index in [1.807, 2.05) is 28.5 Å². The molecule has 0 unspecified atom stereocenters. The lowest BCUT2D eigenvalue weighted by molar-refractivity contribution is 0.933. The van der Waals surface area contributed by atoms with Crippen molar-refractivity contribution in [2.75, 3.05) is 23.9 Å². The van der Waals surface area contributed by atoms with E-state index in [-0.39, 0.29) is 0 Å². The van der Waals surface area contributed by atoms with Gasteiger partial charge >= 0.3 is 0 Å². The summed E-state index contributed by atoms with van der Waals surface area (Å²) in [5.41, 5.74) is 1.03. The number of thioether (sulfide) groups is 1. The van der Waals surface area contributed by atoms with Gasteiger partial charge in [0.05, 0.1) is 6.20 Å². The molecular weight excluding hydrogens is 208 g/mol. The van der Waals surface area contributed by atoms with Crippen molar-refractivity contribution < 1.29 is 0 Å². The van der Waals surface area contributed by atoms with Gasteiger partial charge in [-0.3, -0.25) is 0 Å². The van der Waals surface area contributed by atoms with E-state index in [0.717, 1.165) is 24.3 Å². The number of hydrogen-bond donors (Lipinski definition) is 1. The Bertz CT molecular complexity index is 426. The summed E-state index contributed by atoms with van der Waals surface area (Å²) in [7, 11) is 0. The van der Waals surface area contributed by atoms with Crippen LogP contribution in [0.5, 0.6) is 0 Å². The van der Waals surface area contributed by atoms with Crippen LogP contribution >= 0.6 is 11.8 Å². The minimum absolute atomic E-state index is 0.913. The Morgan fingerprint density at radius 3 is 3.27 bits per heavy atom. The van der Waals surface area contributed by atoms with Crippen LogP contribution < -0.4 is 5.32 Å². The number of rotatable bonds is 5. The highest BCUT2D eigenvalue weighted by Gasteiger charge is 2.01. The molecule has 0 radical (unpaired) electrons. The second kappa shape index (κ2) is 5.02. The molecule has 80 valence electrons. The third-order valence-corrected chi connectivity index (χ3v) is 2.84. The number of aromatic nitrogens is 3. The van der Waals surface area contributed by atoms with E-state index >= 15 is 0 Å². The van der Waals surface area contributed by atoms with Crippen LogP contribution in [0, 0.1) is 0 Å². The van der Waals surface area contributed by atoms with E-state index in [9.17, 15) is 0 Å². The number of hydrogen-bond acceptors (Lipinski definition) is 4. The highest BCUT2D eigenvalue weighted by atomic mass is 32.2. The lowest BCUT2D eigenvalue weighted by Gasteiger charge is -2.05. The Balaban J connectivity index is 2.04. The Morgan fingerprint density at radius 2 is 2.40 bits per heavy atom. The highest BCUT2D eigenvalue weighted by molar-refractivity contribution is 7.98. The molecule has 0 spiro atoms. The molecule has 2 rings (SSSR count). The minimum Gasteiger partial charge on any atom is -0.368 e. The van der Waals surface area contributed by atoms with E-state index in [1.165, 1.54) is 5.75 Å². The van der Waals surface area contributed by atoms with Gasteiger partial charge in [0.1, 0.15) is 5.52 Å². The van der Waals surface area contributed by atoms with E-state index in [2.05, 4.69) is 21.7 Å². The van der Waals surface area contributed by atoms with Gasteiger partial charge in [-0.2, -0.15) is 16.9 Å². The van der Waals surface area contributed by atoms with Gasteiger partial charge < -0.3 is 5.32 Å². The lowest BCUT2D eigenvalue weighted by atomic mass is 10.4. The van der Waals surface area contributed by atoms with Gasteiger partial charge in [0, 0.05) is 18.9 Å². The molecule has 0 bridgehead atoms. The molecule has 15 heavy (non-hydrogen) atoms. The van der Waals surface area contributed by atoms with Gasteiger partial charge in [0.15, 0.2) is 5.82 Å². The molecule has 0 fully saturated rings. The summed E-state index contributed by atoms with van der Waals surface area (Å²) in [5, 5.41) is 7.48. The normalized spacial score (nSPS) is 10.7. The molecule has 2 aromatic heterocycles. The molecule has 4 nitrogen and oxygen atoms in total. The standard InChI is InChI=1S/C10H14N4S/c1-15-8-2-4-11-10-9-3-5-13-14(9)7-6-12-10/h3,5-7H,2,4,8H2,1H3,(H,11,12). The zero-order chi connectivity index (χ0) is 10.5. The molecule has 0 saturated heterocycles. The van der Waals surface area contributed by atoms with Crippen LogP contribution in [0.1, 0.15) is 6.42 Å². The van der Waals surface area contributed by atoms with Crippen molar-refractivity contribution in [3.05, 3.63) is 24.7 Å². The van der Waals surface area contributed by atoms with Crippen molar-refractivity contribution >= 4 is 23.1 Å². The number of nitrogens with one attached hydrogen (secondary N) is 1. The van der Waals surface area contributed by atoms with Gasteiger partial charge in [0.25, 0.3) is 0 Å². The zero-order valence-corrected chi connectivity index (χ0v) is 9.50. The molecule has 0 saturated carbocycles. The van der Waals surface area contributed by atoms with Crippen molar-refractivity contribution in [2.45, 2.75) is 6.42 Å². The Labute approximate surface area is 93.1 Å². The molecular formula is C10H14N4S. The van der Waals surface area contributed by atoms with Gasteiger partial charge in [0.2, 0.25) is 0 Å². The first-order valence-electron chi connectivity index (χ1n) is 4.93. The van der Waals surface area contributed by atoms with Crippen LogP contribution in [0.15, 0.2) is 24.7 Å². The van der Waals surface area contributed by atoms with E-state index in [0.29, 0.717) is 0 Å². The van der Waals surface area contributed by atoms with Crippen LogP contribution in [0.3, 0.4) is 0 Å².